The van der Waals surface area contributed by atoms with E-state index in [1.165, 1.54) is 0 Å². The number of hydrogen-bond acceptors (Lipinski definition) is 2. The maximum atomic E-state index is 5.84. The van der Waals surface area contributed by atoms with Crippen molar-refractivity contribution in [1.29, 1.82) is 0 Å². The lowest BCUT2D eigenvalue weighted by molar-refractivity contribution is 1.15. The highest BCUT2D eigenvalue weighted by Crippen LogP contribution is 2.18. The van der Waals surface area contributed by atoms with Gasteiger partial charge in [-0.15, -0.1) is 12.4 Å². The predicted molar refractivity (Wildman–Crippen MR) is 57.0 cm³/mol. The molecule has 2 aromatic rings. The van der Waals surface area contributed by atoms with Gasteiger partial charge in [0.25, 0.3) is 0 Å². The van der Waals surface area contributed by atoms with Crippen molar-refractivity contribution in [2.75, 3.05) is 12.4 Å². The quantitative estimate of drug-likeness (QED) is 0.796. The summed E-state index contributed by atoms with van der Waals surface area (Å²) >= 11 is 5.84. The number of nitrogens with zero attached hydrogens (tertiary/aromatic N) is 2. The number of halogens is 2. The highest BCUT2D eigenvalue weighted by molar-refractivity contribution is 6.31. The molecule has 0 saturated carbocycles. The molecule has 0 aromatic carbocycles. The lowest BCUT2D eigenvalue weighted by Gasteiger charge is -1.96. The zero-order chi connectivity index (χ0) is 8.55. The Morgan fingerprint density at radius 2 is 2.31 bits per heavy atom. The topological polar surface area (TPSA) is 29.3 Å². The highest BCUT2D eigenvalue weighted by Gasteiger charge is 2.01. The fraction of sp³-hybridized carbons (Fsp3) is 0.125. The van der Waals surface area contributed by atoms with Crippen molar-refractivity contribution >= 4 is 35.3 Å². The number of pyridine rings is 1. The molecule has 13 heavy (non-hydrogen) atoms. The number of aromatic nitrogens is 2. The van der Waals surface area contributed by atoms with Gasteiger partial charge in [-0.3, -0.25) is 0 Å². The van der Waals surface area contributed by atoms with Crippen LogP contribution in [0.15, 0.2) is 24.7 Å². The van der Waals surface area contributed by atoms with E-state index in [1.54, 1.807) is 6.33 Å². The molecule has 0 unspecified atom stereocenters. The average molecular weight is 218 g/mol. The van der Waals surface area contributed by atoms with Crippen LogP contribution in [0.3, 0.4) is 0 Å². The van der Waals surface area contributed by atoms with Gasteiger partial charge < -0.3 is 9.72 Å². The minimum Gasteiger partial charge on any atom is -0.371 e. The normalized spacial score (nSPS) is 9.69. The van der Waals surface area contributed by atoms with Crippen LogP contribution >= 0.6 is 24.0 Å². The van der Waals surface area contributed by atoms with Crippen LogP contribution in [0.25, 0.3) is 5.52 Å². The second-order valence-corrected chi connectivity index (χ2v) is 2.92. The van der Waals surface area contributed by atoms with Gasteiger partial charge in [-0.25, -0.2) is 4.98 Å². The zero-order valence-electron chi connectivity index (χ0n) is 6.99. The van der Waals surface area contributed by atoms with Crippen molar-refractivity contribution in [2.24, 2.45) is 0 Å². The first kappa shape index (κ1) is 10.2. The molecular formula is C8H9Cl2N3. The molecule has 0 amide bonds. The van der Waals surface area contributed by atoms with Gasteiger partial charge in [0.15, 0.2) is 5.82 Å². The molecule has 2 aromatic heterocycles. The van der Waals surface area contributed by atoms with Crippen LogP contribution in [0.1, 0.15) is 0 Å². The van der Waals surface area contributed by atoms with E-state index in [0.29, 0.717) is 0 Å². The van der Waals surface area contributed by atoms with Crippen LogP contribution in [0.5, 0.6) is 0 Å². The molecule has 1 N–H and O–H groups in total. The van der Waals surface area contributed by atoms with Crippen LogP contribution in [0.2, 0.25) is 5.02 Å². The van der Waals surface area contributed by atoms with Crippen molar-refractivity contribution in [3.05, 3.63) is 29.7 Å². The van der Waals surface area contributed by atoms with E-state index in [9.17, 15) is 0 Å². The molecule has 0 aliphatic rings. The third kappa shape index (κ3) is 1.71. The molecular weight excluding hydrogens is 209 g/mol. The van der Waals surface area contributed by atoms with Crippen LogP contribution in [-0.4, -0.2) is 16.4 Å². The fourth-order valence-corrected chi connectivity index (χ4v) is 1.31. The van der Waals surface area contributed by atoms with E-state index in [4.69, 9.17) is 11.6 Å². The summed E-state index contributed by atoms with van der Waals surface area (Å²) in [6, 6.07) is 3.70. The number of anilines is 1. The van der Waals surface area contributed by atoms with Crippen LogP contribution in [0, 0.1) is 0 Å². The standard InChI is InChI=1S/C8H8ClN3.ClH/c1-10-8-7-4-6(9)2-3-12(7)5-11-8;/h2-5,10H,1H3;1H. The summed E-state index contributed by atoms with van der Waals surface area (Å²) in [6.45, 7) is 0. The Hall–Kier alpha value is -0.930. The van der Waals surface area contributed by atoms with Gasteiger partial charge in [0.2, 0.25) is 0 Å². The first-order valence-electron chi connectivity index (χ1n) is 3.61. The second kappa shape index (κ2) is 3.85. The van der Waals surface area contributed by atoms with E-state index in [1.807, 2.05) is 29.8 Å². The number of nitrogens with one attached hydrogen (secondary N) is 1. The minimum atomic E-state index is 0. The van der Waals surface area contributed by atoms with E-state index < -0.39 is 0 Å². The Morgan fingerprint density at radius 3 is 3.00 bits per heavy atom. The second-order valence-electron chi connectivity index (χ2n) is 2.48. The molecule has 2 rings (SSSR count). The molecule has 70 valence electrons. The van der Waals surface area contributed by atoms with Crippen molar-refractivity contribution in [2.45, 2.75) is 0 Å². The molecule has 0 fully saturated rings. The largest absolute Gasteiger partial charge is 0.371 e. The molecule has 5 heteroatoms. The van der Waals surface area contributed by atoms with Gasteiger partial charge in [0, 0.05) is 18.3 Å². The third-order valence-electron chi connectivity index (χ3n) is 1.74. The lowest BCUT2D eigenvalue weighted by atomic mass is 10.4. The molecule has 0 aliphatic heterocycles. The first-order chi connectivity index (χ1) is 5.81. The van der Waals surface area contributed by atoms with Crippen molar-refractivity contribution in [1.82, 2.24) is 9.38 Å². The summed E-state index contributed by atoms with van der Waals surface area (Å²) < 4.78 is 1.91. The molecule has 0 spiro atoms. The number of fused-ring (bicyclic) bond motifs is 1. The SMILES string of the molecule is CNc1ncn2ccc(Cl)cc12.Cl. The Balaban J connectivity index is 0.000000845. The summed E-state index contributed by atoms with van der Waals surface area (Å²) in [7, 11) is 1.84. The highest BCUT2D eigenvalue weighted by atomic mass is 35.5. The Kier molecular flexibility index (Phi) is 3.01. The summed E-state index contributed by atoms with van der Waals surface area (Å²) in [6.07, 6.45) is 3.63. The van der Waals surface area contributed by atoms with Gasteiger partial charge in [-0.1, -0.05) is 11.6 Å². The summed E-state index contributed by atoms with van der Waals surface area (Å²) in [5.41, 5.74) is 0.991. The Labute approximate surface area is 87.1 Å². The van der Waals surface area contributed by atoms with E-state index >= 15 is 0 Å². The van der Waals surface area contributed by atoms with Crippen LogP contribution in [-0.2, 0) is 0 Å². The van der Waals surface area contributed by atoms with Crippen molar-refractivity contribution in [3.8, 4) is 0 Å². The third-order valence-corrected chi connectivity index (χ3v) is 1.97. The van der Waals surface area contributed by atoms with Gasteiger partial charge in [-0.05, 0) is 12.1 Å². The predicted octanol–water partition coefficient (Wildman–Crippen LogP) is 2.45. The molecule has 0 bridgehead atoms. The smallest absolute Gasteiger partial charge is 0.151 e. The molecule has 0 aliphatic carbocycles. The van der Waals surface area contributed by atoms with Gasteiger partial charge >= 0.3 is 0 Å². The van der Waals surface area contributed by atoms with Crippen molar-refractivity contribution in [3.63, 3.8) is 0 Å². The summed E-state index contributed by atoms with van der Waals surface area (Å²) in [4.78, 5) is 4.15. The fourth-order valence-electron chi connectivity index (χ4n) is 1.16. The summed E-state index contributed by atoms with van der Waals surface area (Å²) in [5.74, 6) is 0.845. The zero-order valence-corrected chi connectivity index (χ0v) is 8.56. The number of rotatable bonds is 1. The molecule has 3 nitrogen and oxygen atoms in total. The van der Waals surface area contributed by atoms with Gasteiger partial charge in [-0.2, -0.15) is 0 Å². The molecule has 0 saturated heterocycles. The molecule has 0 atom stereocenters. The molecule has 0 radical (unpaired) electrons. The van der Waals surface area contributed by atoms with Crippen LogP contribution in [0.4, 0.5) is 5.82 Å². The maximum absolute atomic E-state index is 5.84. The monoisotopic (exact) mass is 217 g/mol. The minimum absolute atomic E-state index is 0. The Bertz CT molecular complexity index is 411. The van der Waals surface area contributed by atoms with E-state index in [2.05, 4.69) is 10.3 Å². The average Bonchev–Trinajstić information content (AvgIpc) is 2.46. The lowest BCUT2D eigenvalue weighted by Crippen LogP contribution is -1.88. The van der Waals surface area contributed by atoms with Gasteiger partial charge in [0.05, 0.1) is 5.52 Å². The van der Waals surface area contributed by atoms with E-state index in [0.717, 1.165) is 16.4 Å². The first-order valence-corrected chi connectivity index (χ1v) is 3.99. The number of imidazole rings is 1. The maximum Gasteiger partial charge on any atom is 0.151 e. The van der Waals surface area contributed by atoms with E-state index in [-0.39, 0.29) is 12.4 Å². The number of hydrogen-bond donors (Lipinski definition) is 1. The van der Waals surface area contributed by atoms with Crippen LogP contribution < -0.4 is 5.32 Å². The van der Waals surface area contributed by atoms with Crippen molar-refractivity contribution < 1.29 is 0 Å². The summed E-state index contributed by atoms with van der Waals surface area (Å²) in [5, 5.41) is 3.71. The molecule has 2 heterocycles. The van der Waals surface area contributed by atoms with Gasteiger partial charge in [0.1, 0.15) is 6.33 Å². The Morgan fingerprint density at radius 1 is 1.54 bits per heavy atom.